The quantitative estimate of drug-likeness (QED) is 0.106. The summed E-state index contributed by atoms with van der Waals surface area (Å²) in [6.07, 6.45) is 38.1. The van der Waals surface area contributed by atoms with E-state index in [2.05, 4.69) is 26.0 Å². The van der Waals surface area contributed by atoms with Crippen molar-refractivity contribution in [2.45, 2.75) is 180 Å². The molecule has 0 bridgehead atoms. The monoisotopic (exact) mass is 436 g/mol. The summed E-state index contributed by atoms with van der Waals surface area (Å²) in [5.74, 6) is 0. The Morgan fingerprint density at radius 3 is 1.06 bits per heavy atom. The normalized spacial score (nSPS) is 12.7. The molecule has 1 heteroatoms. The maximum Gasteiger partial charge on any atom is 0.0540 e. The average molecular weight is 437 g/mol. The van der Waals surface area contributed by atoms with E-state index < -0.39 is 0 Å². The van der Waals surface area contributed by atoms with E-state index in [0.717, 1.165) is 12.8 Å². The van der Waals surface area contributed by atoms with E-state index in [1.54, 1.807) is 0 Å². The molecule has 0 radical (unpaired) electrons. The molecule has 0 amide bonds. The van der Waals surface area contributed by atoms with Crippen molar-refractivity contribution < 1.29 is 5.11 Å². The van der Waals surface area contributed by atoms with Crippen molar-refractivity contribution in [1.29, 1.82) is 0 Å². The average Bonchev–Trinajstić information content (AvgIpc) is 2.77. The van der Waals surface area contributed by atoms with Gasteiger partial charge >= 0.3 is 0 Å². The van der Waals surface area contributed by atoms with E-state index >= 15 is 0 Å². The first-order valence-corrected chi connectivity index (χ1v) is 14.6. The van der Waals surface area contributed by atoms with E-state index in [4.69, 9.17) is 0 Å². The van der Waals surface area contributed by atoms with Gasteiger partial charge in [0.05, 0.1) is 6.10 Å². The van der Waals surface area contributed by atoms with Crippen molar-refractivity contribution in [2.24, 2.45) is 0 Å². The molecule has 0 fully saturated rings. The topological polar surface area (TPSA) is 20.2 Å². The van der Waals surface area contributed by atoms with Crippen molar-refractivity contribution in [2.75, 3.05) is 0 Å². The van der Waals surface area contributed by atoms with Crippen LogP contribution in [-0.4, -0.2) is 11.2 Å². The molecule has 0 aliphatic rings. The standard InChI is InChI=1S/C30H60O/c1-3-5-7-9-11-13-14-15-16-17-18-19-21-23-25-27-29-30(31)28-26-24-22-20-12-10-8-6-4-2/h15-16,30-31H,3-14,17-29H2,1-2H3. The molecular formula is C30H60O. The van der Waals surface area contributed by atoms with Crippen LogP contribution in [0.3, 0.4) is 0 Å². The van der Waals surface area contributed by atoms with Gasteiger partial charge in [0.25, 0.3) is 0 Å². The number of hydrogen-bond donors (Lipinski definition) is 1. The van der Waals surface area contributed by atoms with Crippen molar-refractivity contribution in [3.8, 4) is 0 Å². The summed E-state index contributed by atoms with van der Waals surface area (Å²) in [6.45, 7) is 4.57. The highest BCUT2D eigenvalue weighted by atomic mass is 16.3. The molecule has 1 unspecified atom stereocenters. The van der Waals surface area contributed by atoms with Crippen LogP contribution in [-0.2, 0) is 0 Å². The molecule has 0 aliphatic heterocycles. The van der Waals surface area contributed by atoms with Crippen molar-refractivity contribution >= 4 is 0 Å². The van der Waals surface area contributed by atoms with E-state index in [0.29, 0.717) is 0 Å². The van der Waals surface area contributed by atoms with Gasteiger partial charge in [0.1, 0.15) is 0 Å². The Bertz CT molecular complexity index is 335. The molecule has 1 atom stereocenters. The third-order valence-corrected chi connectivity index (χ3v) is 6.69. The zero-order valence-corrected chi connectivity index (χ0v) is 21.9. The lowest BCUT2D eigenvalue weighted by Crippen LogP contribution is -2.05. The SMILES string of the molecule is CCCCCCCCC=CCCCCCCCCC(O)CCCCCCCCCCC. The summed E-state index contributed by atoms with van der Waals surface area (Å²) in [5.41, 5.74) is 0. The molecule has 0 heterocycles. The Balaban J connectivity index is 3.18. The minimum atomic E-state index is -0.0404. The third-order valence-electron chi connectivity index (χ3n) is 6.69. The largest absolute Gasteiger partial charge is 0.393 e. The predicted molar refractivity (Wildman–Crippen MR) is 142 cm³/mol. The minimum Gasteiger partial charge on any atom is -0.393 e. The number of unbranched alkanes of at least 4 members (excludes halogenated alkanes) is 20. The maximum absolute atomic E-state index is 10.2. The van der Waals surface area contributed by atoms with Crippen LogP contribution in [0.1, 0.15) is 174 Å². The first-order valence-electron chi connectivity index (χ1n) is 14.6. The minimum absolute atomic E-state index is 0.0404. The van der Waals surface area contributed by atoms with Gasteiger partial charge in [0, 0.05) is 0 Å². The summed E-state index contributed by atoms with van der Waals surface area (Å²) >= 11 is 0. The highest BCUT2D eigenvalue weighted by molar-refractivity contribution is 4.81. The Morgan fingerprint density at radius 2 is 0.710 bits per heavy atom. The van der Waals surface area contributed by atoms with Gasteiger partial charge < -0.3 is 5.11 Å². The second kappa shape index (κ2) is 27.7. The highest BCUT2D eigenvalue weighted by Gasteiger charge is 2.03. The molecule has 0 aliphatic carbocycles. The molecule has 1 N–H and O–H groups in total. The Morgan fingerprint density at radius 1 is 0.419 bits per heavy atom. The fourth-order valence-corrected chi connectivity index (χ4v) is 4.46. The van der Waals surface area contributed by atoms with E-state index in [9.17, 15) is 5.11 Å². The van der Waals surface area contributed by atoms with Crippen LogP contribution in [0.15, 0.2) is 12.2 Å². The van der Waals surface area contributed by atoms with Crippen LogP contribution < -0.4 is 0 Å². The van der Waals surface area contributed by atoms with Gasteiger partial charge in [-0.1, -0.05) is 148 Å². The lowest BCUT2D eigenvalue weighted by molar-refractivity contribution is 0.147. The number of hydrogen-bond acceptors (Lipinski definition) is 1. The zero-order valence-electron chi connectivity index (χ0n) is 21.9. The summed E-state index contributed by atoms with van der Waals surface area (Å²) < 4.78 is 0. The molecule has 0 aromatic heterocycles. The molecule has 0 saturated heterocycles. The van der Waals surface area contributed by atoms with Crippen molar-refractivity contribution in [1.82, 2.24) is 0 Å². The first-order chi connectivity index (χ1) is 15.3. The van der Waals surface area contributed by atoms with E-state index in [1.807, 2.05) is 0 Å². The third kappa shape index (κ3) is 27.7. The van der Waals surface area contributed by atoms with Crippen LogP contribution in [0.2, 0.25) is 0 Å². The molecule has 1 nitrogen and oxygen atoms in total. The van der Waals surface area contributed by atoms with Gasteiger partial charge in [-0.25, -0.2) is 0 Å². The molecule has 0 rings (SSSR count). The highest BCUT2D eigenvalue weighted by Crippen LogP contribution is 2.15. The number of aliphatic hydroxyl groups excluding tert-OH is 1. The maximum atomic E-state index is 10.2. The number of aliphatic hydroxyl groups is 1. The molecule has 0 aromatic carbocycles. The predicted octanol–water partition coefficient (Wildman–Crippen LogP) is 10.7. The summed E-state index contributed by atoms with van der Waals surface area (Å²) in [7, 11) is 0. The molecule has 0 saturated carbocycles. The van der Waals surface area contributed by atoms with Gasteiger partial charge in [-0.2, -0.15) is 0 Å². The first kappa shape index (κ1) is 30.7. The van der Waals surface area contributed by atoms with Crippen molar-refractivity contribution in [3.05, 3.63) is 12.2 Å². The van der Waals surface area contributed by atoms with Crippen LogP contribution in [0, 0.1) is 0 Å². The smallest absolute Gasteiger partial charge is 0.0540 e. The van der Waals surface area contributed by atoms with Crippen LogP contribution >= 0.6 is 0 Å². The van der Waals surface area contributed by atoms with Crippen LogP contribution in [0.25, 0.3) is 0 Å². The number of rotatable bonds is 26. The van der Waals surface area contributed by atoms with Gasteiger partial charge in [0.2, 0.25) is 0 Å². The second-order valence-corrected chi connectivity index (χ2v) is 10.00. The summed E-state index contributed by atoms with van der Waals surface area (Å²) in [4.78, 5) is 0. The Hall–Kier alpha value is -0.300. The summed E-state index contributed by atoms with van der Waals surface area (Å²) in [5, 5.41) is 10.2. The molecule has 0 aromatic rings. The number of allylic oxidation sites excluding steroid dienone is 2. The molecule has 0 spiro atoms. The molecule has 186 valence electrons. The van der Waals surface area contributed by atoms with Gasteiger partial charge in [0.15, 0.2) is 0 Å². The lowest BCUT2D eigenvalue weighted by Gasteiger charge is -2.10. The Labute approximate surface area is 197 Å². The van der Waals surface area contributed by atoms with Crippen LogP contribution in [0.4, 0.5) is 0 Å². The Kier molecular flexibility index (Phi) is 27.5. The zero-order chi connectivity index (χ0) is 22.7. The van der Waals surface area contributed by atoms with Gasteiger partial charge in [-0.15, -0.1) is 0 Å². The van der Waals surface area contributed by atoms with Crippen molar-refractivity contribution in [3.63, 3.8) is 0 Å². The van der Waals surface area contributed by atoms with Gasteiger partial charge in [-0.3, -0.25) is 0 Å². The fourth-order valence-electron chi connectivity index (χ4n) is 4.46. The van der Waals surface area contributed by atoms with E-state index in [1.165, 1.54) is 148 Å². The second-order valence-electron chi connectivity index (χ2n) is 10.00. The fraction of sp³-hybridized carbons (Fsp3) is 0.933. The van der Waals surface area contributed by atoms with Gasteiger partial charge in [-0.05, 0) is 38.5 Å². The lowest BCUT2D eigenvalue weighted by atomic mass is 10.0. The summed E-state index contributed by atoms with van der Waals surface area (Å²) in [6, 6.07) is 0. The molecule has 31 heavy (non-hydrogen) atoms. The molecular weight excluding hydrogens is 376 g/mol. The van der Waals surface area contributed by atoms with E-state index in [-0.39, 0.29) is 6.10 Å². The van der Waals surface area contributed by atoms with Crippen LogP contribution in [0.5, 0.6) is 0 Å².